The quantitative estimate of drug-likeness (QED) is 0.556. The minimum absolute atomic E-state index is 0.121. The van der Waals surface area contributed by atoms with Crippen LogP contribution in [0.4, 0.5) is 4.39 Å². The van der Waals surface area contributed by atoms with Gasteiger partial charge in [0, 0.05) is 5.39 Å². The summed E-state index contributed by atoms with van der Waals surface area (Å²) in [5.74, 6) is -0.501. The summed E-state index contributed by atoms with van der Waals surface area (Å²) in [6.45, 7) is 5.77. The van der Waals surface area contributed by atoms with Crippen molar-refractivity contribution < 1.29 is 4.39 Å². The third-order valence-electron chi connectivity index (χ3n) is 4.47. The van der Waals surface area contributed by atoms with Crippen LogP contribution in [0.1, 0.15) is 16.8 Å². The summed E-state index contributed by atoms with van der Waals surface area (Å²) in [6, 6.07) is 12.0. The molecule has 0 aliphatic rings. The highest BCUT2D eigenvalue weighted by molar-refractivity contribution is 5.81. The van der Waals surface area contributed by atoms with Crippen LogP contribution in [0.3, 0.4) is 0 Å². The topological polar surface area (TPSA) is 52.7 Å². The van der Waals surface area contributed by atoms with E-state index in [0.29, 0.717) is 16.6 Å². The first-order valence-electron chi connectivity index (χ1n) is 8.27. The highest BCUT2D eigenvalue weighted by Crippen LogP contribution is 2.21. The number of hydrogen-bond acceptors (Lipinski definition) is 3. The van der Waals surface area contributed by atoms with Gasteiger partial charge in [0.25, 0.3) is 5.56 Å². The van der Waals surface area contributed by atoms with Crippen LogP contribution in [-0.4, -0.2) is 19.6 Å². The second-order valence-corrected chi connectivity index (χ2v) is 6.36. The highest BCUT2D eigenvalue weighted by Gasteiger charge is 2.18. The number of aromatic nitrogens is 4. The molecule has 6 heteroatoms. The van der Waals surface area contributed by atoms with Gasteiger partial charge < -0.3 is 0 Å². The molecule has 4 rings (SSSR count). The number of halogens is 1. The number of rotatable bonds is 2. The molecule has 0 N–H and O–H groups in total. The van der Waals surface area contributed by atoms with E-state index in [-0.39, 0.29) is 5.69 Å². The molecule has 0 saturated heterocycles. The smallest absolute Gasteiger partial charge is 0.265 e. The molecule has 2 aromatic carbocycles. The lowest BCUT2D eigenvalue weighted by atomic mass is 10.1. The molecule has 0 fully saturated rings. The number of para-hydroxylation sites is 1. The first-order chi connectivity index (χ1) is 12.5. The van der Waals surface area contributed by atoms with Crippen molar-refractivity contribution in [3.05, 3.63) is 81.7 Å². The fraction of sp³-hybridized carbons (Fsp3) is 0.150. The van der Waals surface area contributed by atoms with Crippen molar-refractivity contribution in [2.45, 2.75) is 20.8 Å². The molecule has 0 amide bonds. The summed E-state index contributed by atoms with van der Waals surface area (Å²) in [6.07, 6.45) is 1.63. The molecule has 0 unspecified atom stereocenters. The van der Waals surface area contributed by atoms with E-state index in [1.165, 1.54) is 12.1 Å². The van der Waals surface area contributed by atoms with Gasteiger partial charge in [-0.2, -0.15) is 14.9 Å². The summed E-state index contributed by atoms with van der Waals surface area (Å²) in [4.78, 5) is 13.1. The summed E-state index contributed by atoms with van der Waals surface area (Å²) in [5, 5.41) is 9.35. The standard InChI is InChI=1S/C20H17FN4O/c1-12-8-9-17(13(2)10-12)24-19-15(11-22-24)14(3)23-25(20(19)26)18-7-5-4-6-16(18)21/h4-11H,1-3H3. The lowest BCUT2D eigenvalue weighted by Crippen LogP contribution is -2.25. The van der Waals surface area contributed by atoms with E-state index in [1.54, 1.807) is 29.9 Å². The molecular weight excluding hydrogens is 331 g/mol. The molecule has 0 radical (unpaired) electrons. The van der Waals surface area contributed by atoms with E-state index < -0.39 is 11.4 Å². The van der Waals surface area contributed by atoms with E-state index in [9.17, 15) is 9.18 Å². The van der Waals surface area contributed by atoms with Crippen molar-refractivity contribution in [3.8, 4) is 11.4 Å². The van der Waals surface area contributed by atoms with E-state index in [1.807, 2.05) is 32.0 Å². The molecule has 26 heavy (non-hydrogen) atoms. The van der Waals surface area contributed by atoms with Crippen LogP contribution in [-0.2, 0) is 0 Å². The second kappa shape index (κ2) is 5.91. The maximum Gasteiger partial charge on any atom is 0.298 e. The van der Waals surface area contributed by atoms with Gasteiger partial charge in [-0.05, 0) is 44.5 Å². The SMILES string of the molecule is Cc1ccc(-n2ncc3c(C)nn(-c4ccccc4F)c(=O)c32)c(C)c1. The van der Waals surface area contributed by atoms with Crippen LogP contribution >= 0.6 is 0 Å². The summed E-state index contributed by atoms with van der Waals surface area (Å²) in [7, 11) is 0. The Hall–Kier alpha value is -3.28. The number of fused-ring (bicyclic) bond motifs is 1. The molecular formula is C20H17FN4O. The van der Waals surface area contributed by atoms with Crippen LogP contribution < -0.4 is 5.56 Å². The van der Waals surface area contributed by atoms with Crippen LogP contribution in [0.25, 0.3) is 22.3 Å². The van der Waals surface area contributed by atoms with Crippen molar-refractivity contribution in [2.75, 3.05) is 0 Å². The maximum atomic E-state index is 14.2. The van der Waals surface area contributed by atoms with Gasteiger partial charge in [0.2, 0.25) is 0 Å². The van der Waals surface area contributed by atoms with Crippen molar-refractivity contribution in [1.82, 2.24) is 19.6 Å². The Bertz CT molecular complexity index is 1210. The monoisotopic (exact) mass is 348 g/mol. The number of nitrogens with zero attached hydrogens (tertiary/aromatic N) is 4. The van der Waals surface area contributed by atoms with E-state index in [4.69, 9.17) is 0 Å². The Kier molecular flexibility index (Phi) is 3.68. The normalized spacial score (nSPS) is 11.2. The number of aryl methyl sites for hydroxylation is 3. The zero-order valence-corrected chi connectivity index (χ0v) is 14.7. The Labute approximate surface area is 149 Å². The lowest BCUT2D eigenvalue weighted by Gasteiger charge is -2.11. The van der Waals surface area contributed by atoms with Gasteiger partial charge in [0.15, 0.2) is 0 Å². The third-order valence-corrected chi connectivity index (χ3v) is 4.47. The van der Waals surface area contributed by atoms with Crippen molar-refractivity contribution in [3.63, 3.8) is 0 Å². The fourth-order valence-electron chi connectivity index (χ4n) is 3.18. The molecule has 2 heterocycles. The first kappa shape index (κ1) is 16.2. The van der Waals surface area contributed by atoms with Gasteiger partial charge in [-0.25, -0.2) is 9.07 Å². The molecule has 0 spiro atoms. The molecule has 2 aromatic heterocycles. The first-order valence-corrected chi connectivity index (χ1v) is 8.27. The van der Waals surface area contributed by atoms with Gasteiger partial charge in [-0.15, -0.1) is 0 Å². The van der Waals surface area contributed by atoms with E-state index in [2.05, 4.69) is 10.2 Å². The Morgan fingerprint density at radius 1 is 0.962 bits per heavy atom. The average molecular weight is 348 g/mol. The van der Waals surface area contributed by atoms with Gasteiger partial charge >= 0.3 is 0 Å². The molecule has 5 nitrogen and oxygen atoms in total. The van der Waals surface area contributed by atoms with Crippen LogP contribution in [0.2, 0.25) is 0 Å². The van der Waals surface area contributed by atoms with Crippen LogP contribution in [0.15, 0.2) is 53.5 Å². The molecule has 0 aliphatic heterocycles. The molecule has 0 bridgehead atoms. The number of benzene rings is 2. The van der Waals surface area contributed by atoms with Gasteiger partial charge in [-0.1, -0.05) is 29.8 Å². The maximum absolute atomic E-state index is 14.2. The van der Waals surface area contributed by atoms with E-state index >= 15 is 0 Å². The lowest BCUT2D eigenvalue weighted by molar-refractivity contribution is 0.605. The van der Waals surface area contributed by atoms with Crippen molar-refractivity contribution in [1.29, 1.82) is 0 Å². The molecule has 0 saturated carbocycles. The van der Waals surface area contributed by atoms with E-state index in [0.717, 1.165) is 21.5 Å². The van der Waals surface area contributed by atoms with Crippen molar-refractivity contribution in [2.24, 2.45) is 0 Å². The van der Waals surface area contributed by atoms with Gasteiger partial charge in [0.1, 0.15) is 17.0 Å². The van der Waals surface area contributed by atoms with Crippen molar-refractivity contribution >= 4 is 10.9 Å². The second-order valence-electron chi connectivity index (χ2n) is 6.36. The summed E-state index contributed by atoms with van der Waals surface area (Å²) in [5.41, 5.74) is 3.65. The summed E-state index contributed by atoms with van der Waals surface area (Å²) >= 11 is 0. The Morgan fingerprint density at radius 2 is 1.73 bits per heavy atom. The highest BCUT2D eigenvalue weighted by atomic mass is 19.1. The van der Waals surface area contributed by atoms with Crippen LogP contribution in [0.5, 0.6) is 0 Å². The molecule has 4 aromatic rings. The zero-order chi connectivity index (χ0) is 18.4. The molecule has 0 atom stereocenters. The Morgan fingerprint density at radius 3 is 2.46 bits per heavy atom. The third kappa shape index (κ3) is 2.42. The minimum atomic E-state index is -0.501. The largest absolute Gasteiger partial charge is 0.298 e. The summed E-state index contributed by atoms with van der Waals surface area (Å²) < 4.78 is 16.9. The average Bonchev–Trinajstić information content (AvgIpc) is 3.04. The Balaban J connectivity index is 2.07. The van der Waals surface area contributed by atoms with Crippen LogP contribution in [0, 0.1) is 26.6 Å². The minimum Gasteiger partial charge on any atom is -0.265 e. The molecule has 0 aliphatic carbocycles. The fourth-order valence-corrected chi connectivity index (χ4v) is 3.18. The predicted octanol–water partition coefficient (Wildman–Crippen LogP) is 3.64. The van der Waals surface area contributed by atoms with Gasteiger partial charge in [-0.3, -0.25) is 4.79 Å². The predicted molar refractivity (Wildman–Crippen MR) is 98.6 cm³/mol. The zero-order valence-electron chi connectivity index (χ0n) is 14.7. The molecule has 130 valence electrons. The number of hydrogen-bond donors (Lipinski definition) is 0. The van der Waals surface area contributed by atoms with Gasteiger partial charge in [0.05, 0.1) is 17.6 Å².